The van der Waals surface area contributed by atoms with E-state index in [1.807, 2.05) is 48.7 Å². The summed E-state index contributed by atoms with van der Waals surface area (Å²) in [7, 11) is 0. The summed E-state index contributed by atoms with van der Waals surface area (Å²) in [5, 5.41) is 7.15. The molecule has 0 radical (unpaired) electrons. The third-order valence-corrected chi connectivity index (χ3v) is 4.95. The number of halogens is 1. The molecule has 122 valence electrons. The van der Waals surface area contributed by atoms with Crippen molar-refractivity contribution in [3.63, 3.8) is 0 Å². The summed E-state index contributed by atoms with van der Waals surface area (Å²) in [6.07, 6.45) is 4.13. The van der Waals surface area contributed by atoms with Gasteiger partial charge in [-0.2, -0.15) is 0 Å². The van der Waals surface area contributed by atoms with Crippen molar-refractivity contribution in [2.75, 3.05) is 0 Å². The van der Waals surface area contributed by atoms with Gasteiger partial charge in [-0.1, -0.05) is 48.0 Å². The predicted molar refractivity (Wildman–Crippen MR) is 96.3 cm³/mol. The van der Waals surface area contributed by atoms with Crippen LogP contribution in [0.4, 0.5) is 0 Å². The Labute approximate surface area is 146 Å². The first-order chi connectivity index (χ1) is 11.7. The minimum atomic E-state index is -0.0264. The van der Waals surface area contributed by atoms with Gasteiger partial charge >= 0.3 is 0 Å². The number of amides is 1. The van der Waals surface area contributed by atoms with Gasteiger partial charge in [-0.25, -0.2) is 0 Å². The van der Waals surface area contributed by atoms with Crippen LogP contribution in [0.25, 0.3) is 5.57 Å². The zero-order valence-electron chi connectivity index (χ0n) is 13.3. The van der Waals surface area contributed by atoms with E-state index >= 15 is 0 Å². The Balaban J connectivity index is 1.58. The van der Waals surface area contributed by atoms with Gasteiger partial charge in [0, 0.05) is 17.8 Å². The molecule has 2 aromatic rings. The SMILES string of the molecule is O=C(NC(c1ccc(Cl)cc1)C1CC1)C1=CNCc2ccccc21. The molecule has 4 rings (SSSR count). The smallest absolute Gasteiger partial charge is 0.253 e. The number of hydrogen-bond acceptors (Lipinski definition) is 2. The van der Waals surface area contributed by atoms with Crippen LogP contribution in [0.2, 0.25) is 5.02 Å². The average Bonchev–Trinajstić information content (AvgIpc) is 3.45. The third-order valence-electron chi connectivity index (χ3n) is 4.70. The molecule has 1 aliphatic heterocycles. The fourth-order valence-electron chi connectivity index (χ4n) is 3.26. The lowest BCUT2D eigenvalue weighted by Crippen LogP contribution is -2.32. The van der Waals surface area contributed by atoms with E-state index in [4.69, 9.17) is 11.6 Å². The van der Waals surface area contributed by atoms with Gasteiger partial charge in [-0.3, -0.25) is 4.79 Å². The maximum Gasteiger partial charge on any atom is 0.253 e. The van der Waals surface area contributed by atoms with Crippen LogP contribution in [0.3, 0.4) is 0 Å². The number of hydrogen-bond donors (Lipinski definition) is 2. The molecule has 1 heterocycles. The Hall–Kier alpha value is -2.26. The van der Waals surface area contributed by atoms with E-state index in [0.29, 0.717) is 16.5 Å². The molecule has 4 heteroatoms. The molecule has 24 heavy (non-hydrogen) atoms. The lowest BCUT2D eigenvalue weighted by atomic mass is 9.96. The molecular weight excluding hydrogens is 320 g/mol. The van der Waals surface area contributed by atoms with Crippen LogP contribution in [-0.2, 0) is 11.3 Å². The standard InChI is InChI=1S/C20H19ClN2O/c21-16-9-7-14(8-10-16)19(13-5-6-13)23-20(24)18-12-22-11-15-3-1-2-4-17(15)18/h1-4,7-10,12-13,19,22H,5-6,11H2,(H,23,24). The zero-order valence-corrected chi connectivity index (χ0v) is 14.0. The molecule has 1 aliphatic carbocycles. The maximum atomic E-state index is 12.9. The molecule has 1 unspecified atom stereocenters. The number of nitrogens with one attached hydrogen (secondary N) is 2. The van der Waals surface area contributed by atoms with Crippen molar-refractivity contribution >= 4 is 23.1 Å². The van der Waals surface area contributed by atoms with E-state index in [1.165, 1.54) is 0 Å². The Morgan fingerprint density at radius 3 is 2.62 bits per heavy atom. The van der Waals surface area contributed by atoms with E-state index in [0.717, 1.165) is 36.1 Å². The minimum Gasteiger partial charge on any atom is -0.386 e. The van der Waals surface area contributed by atoms with Gasteiger partial charge in [-0.15, -0.1) is 0 Å². The Morgan fingerprint density at radius 1 is 1.12 bits per heavy atom. The van der Waals surface area contributed by atoms with E-state index in [-0.39, 0.29) is 11.9 Å². The number of benzene rings is 2. The number of carbonyl (C=O) groups excluding carboxylic acids is 1. The molecular formula is C20H19ClN2O. The van der Waals surface area contributed by atoms with Crippen molar-refractivity contribution in [3.05, 3.63) is 76.4 Å². The maximum absolute atomic E-state index is 12.9. The van der Waals surface area contributed by atoms with Crippen LogP contribution in [0.5, 0.6) is 0 Å². The lowest BCUT2D eigenvalue weighted by Gasteiger charge is -2.23. The highest BCUT2D eigenvalue weighted by Gasteiger charge is 2.34. The molecule has 0 spiro atoms. The molecule has 1 atom stereocenters. The van der Waals surface area contributed by atoms with E-state index in [9.17, 15) is 4.79 Å². The molecule has 1 amide bonds. The highest BCUT2D eigenvalue weighted by Crippen LogP contribution is 2.41. The van der Waals surface area contributed by atoms with Crippen molar-refractivity contribution < 1.29 is 4.79 Å². The van der Waals surface area contributed by atoms with Crippen molar-refractivity contribution in [1.82, 2.24) is 10.6 Å². The summed E-state index contributed by atoms with van der Waals surface area (Å²) in [6, 6.07) is 15.9. The van der Waals surface area contributed by atoms with Crippen LogP contribution in [0.15, 0.2) is 54.7 Å². The van der Waals surface area contributed by atoms with Crippen LogP contribution in [-0.4, -0.2) is 5.91 Å². The summed E-state index contributed by atoms with van der Waals surface area (Å²) in [4.78, 5) is 12.9. The number of fused-ring (bicyclic) bond motifs is 1. The van der Waals surface area contributed by atoms with E-state index < -0.39 is 0 Å². The van der Waals surface area contributed by atoms with Crippen molar-refractivity contribution in [2.24, 2.45) is 5.92 Å². The van der Waals surface area contributed by atoms with E-state index in [1.54, 1.807) is 0 Å². The van der Waals surface area contributed by atoms with Gasteiger partial charge in [0.15, 0.2) is 0 Å². The van der Waals surface area contributed by atoms with Crippen molar-refractivity contribution in [1.29, 1.82) is 0 Å². The molecule has 1 saturated carbocycles. The second-order valence-corrected chi connectivity index (χ2v) is 6.87. The molecule has 1 fully saturated rings. The summed E-state index contributed by atoms with van der Waals surface area (Å²) in [5.74, 6) is 0.490. The van der Waals surface area contributed by atoms with Crippen molar-refractivity contribution in [2.45, 2.75) is 25.4 Å². The van der Waals surface area contributed by atoms with Crippen molar-refractivity contribution in [3.8, 4) is 0 Å². The van der Waals surface area contributed by atoms with Gasteiger partial charge in [0.25, 0.3) is 5.91 Å². The Kier molecular flexibility index (Phi) is 4.03. The second-order valence-electron chi connectivity index (χ2n) is 6.44. The summed E-state index contributed by atoms with van der Waals surface area (Å²) in [6.45, 7) is 0.760. The highest BCUT2D eigenvalue weighted by atomic mass is 35.5. The van der Waals surface area contributed by atoms with Gasteiger partial charge in [0.2, 0.25) is 0 Å². The normalized spacial score (nSPS) is 17.3. The molecule has 0 bridgehead atoms. The minimum absolute atomic E-state index is 0.0264. The number of carbonyl (C=O) groups is 1. The van der Waals surface area contributed by atoms with Gasteiger partial charge in [0.1, 0.15) is 0 Å². The topological polar surface area (TPSA) is 41.1 Å². The monoisotopic (exact) mass is 338 g/mol. The average molecular weight is 339 g/mol. The zero-order chi connectivity index (χ0) is 16.5. The predicted octanol–water partition coefficient (Wildman–Crippen LogP) is 4.05. The van der Waals surface area contributed by atoms with Crippen LogP contribution >= 0.6 is 11.6 Å². The molecule has 2 aromatic carbocycles. The molecule has 0 aromatic heterocycles. The van der Waals surface area contributed by atoms with Crippen LogP contribution in [0.1, 0.15) is 35.6 Å². The summed E-state index contributed by atoms with van der Waals surface area (Å²) >= 11 is 5.99. The van der Waals surface area contributed by atoms with Crippen LogP contribution in [0, 0.1) is 5.92 Å². The highest BCUT2D eigenvalue weighted by molar-refractivity contribution is 6.30. The molecule has 2 aliphatic rings. The lowest BCUT2D eigenvalue weighted by molar-refractivity contribution is -0.116. The Bertz CT molecular complexity index is 794. The van der Waals surface area contributed by atoms with Gasteiger partial charge in [-0.05, 0) is 47.6 Å². The van der Waals surface area contributed by atoms with Gasteiger partial charge < -0.3 is 10.6 Å². The third kappa shape index (κ3) is 3.04. The quantitative estimate of drug-likeness (QED) is 0.883. The first kappa shape index (κ1) is 15.3. The van der Waals surface area contributed by atoms with Crippen LogP contribution < -0.4 is 10.6 Å². The second kappa shape index (κ2) is 6.33. The Morgan fingerprint density at radius 2 is 1.88 bits per heavy atom. The fraction of sp³-hybridized carbons (Fsp3) is 0.250. The first-order valence-electron chi connectivity index (χ1n) is 8.30. The largest absolute Gasteiger partial charge is 0.386 e. The van der Waals surface area contributed by atoms with E-state index in [2.05, 4.69) is 16.7 Å². The fourth-order valence-corrected chi connectivity index (χ4v) is 3.38. The number of rotatable bonds is 4. The molecule has 0 saturated heterocycles. The molecule has 2 N–H and O–H groups in total. The van der Waals surface area contributed by atoms with Gasteiger partial charge in [0.05, 0.1) is 11.6 Å². The first-order valence-corrected chi connectivity index (χ1v) is 8.68. The summed E-state index contributed by atoms with van der Waals surface area (Å²) < 4.78 is 0. The molecule has 3 nitrogen and oxygen atoms in total. The summed E-state index contributed by atoms with van der Waals surface area (Å²) in [5.41, 5.74) is 3.99.